The molecule has 1 aromatic heterocycles. The van der Waals surface area contributed by atoms with E-state index in [-0.39, 0.29) is 5.41 Å². The van der Waals surface area contributed by atoms with E-state index in [0.717, 1.165) is 6.42 Å². The van der Waals surface area contributed by atoms with Gasteiger partial charge in [-0.25, -0.2) is 4.98 Å². The Balaban J connectivity index is 2.36. The van der Waals surface area contributed by atoms with Crippen molar-refractivity contribution in [3.63, 3.8) is 0 Å². The van der Waals surface area contributed by atoms with Crippen LogP contribution in [0.5, 0.6) is 5.88 Å². The number of fused-ring (bicyclic) bond motifs is 1. The molecule has 0 fully saturated rings. The largest absolute Gasteiger partial charge is 0.481 e. The smallest absolute Gasteiger partial charge is 0.213 e. The predicted octanol–water partition coefficient (Wildman–Crippen LogP) is 3.08. The van der Waals surface area contributed by atoms with E-state index in [2.05, 4.69) is 31.8 Å². The fraction of sp³-hybridized carbons (Fsp3) is 0.462. The topological polar surface area (TPSA) is 22.1 Å². The molecule has 0 aliphatic heterocycles. The van der Waals surface area contributed by atoms with Crippen LogP contribution in [0.1, 0.15) is 31.9 Å². The highest BCUT2D eigenvalue weighted by Crippen LogP contribution is 2.36. The monoisotopic (exact) mass is 203 g/mol. The normalized spacial score (nSPS) is 14.8. The van der Waals surface area contributed by atoms with Gasteiger partial charge in [0.1, 0.15) is 0 Å². The Kier molecular flexibility index (Phi) is 2.29. The summed E-state index contributed by atoms with van der Waals surface area (Å²) in [6.07, 6.45) is 5.21. The first-order valence-electron chi connectivity index (χ1n) is 5.24. The fourth-order valence-corrected chi connectivity index (χ4v) is 1.80. The number of nitrogens with zero attached hydrogens (tertiary/aromatic N) is 1. The molecule has 0 saturated carbocycles. The maximum Gasteiger partial charge on any atom is 0.213 e. The average Bonchev–Trinajstić information content (AvgIpc) is 2.59. The Morgan fingerprint density at radius 3 is 2.67 bits per heavy atom. The quantitative estimate of drug-likeness (QED) is 0.699. The van der Waals surface area contributed by atoms with Crippen molar-refractivity contribution in [3.8, 4) is 5.88 Å². The molecule has 80 valence electrons. The van der Waals surface area contributed by atoms with Crippen LogP contribution in [0.2, 0.25) is 0 Å². The van der Waals surface area contributed by atoms with Gasteiger partial charge in [-0.3, -0.25) is 0 Å². The van der Waals surface area contributed by atoms with Crippen molar-refractivity contribution < 1.29 is 4.74 Å². The first-order chi connectivity index (χ1) is 7.00. The Bertz CT molecular complexity index is 413. The molecule has 1 aliphatic carbocycles. The van der Waals surface area contributed by atoms with Crippen molar-refractivity contribution in [2.24, 2.45) is 5.41 Å². The Hall–Kier alpha value is -1.31. The molecule has 1 aromatic rings. The van der Waals surface area contributed by atoms with E-state index in [4.69, 9.17) is 4.74 Å². The van der Waals surface area contributed by atoms with Crippen LogP contribution in [0.25, 0.3) is 6.08 Å². The standard InChI is InChI=1S/C13H17NO/c1-13(2,3)11-5-9-7-12(15-4)14-8-10(9)6-11/h5,7-8H,6H2,1-4H3. The molecule has 2 heteroatoms. The lowest BCUT2D eigenvalue weighted by Crippen LogP contribution is -2.08. The summed E-state index contributed by atoms with van der Waals surface area (Å²) in [5.41, 5.74) is 4.27. The molecule has 0 bridgehead atoms. The van der Waals surface area contributed by atoms with Crippen LogP contribution in [0.15, 0.2) is 17.8 Å². The van der Waals surface area contributed by atoms with Crippen molar-refractivity contribution in [3.05, 3.63) is 29.0 Å². The van der Waals surface area contributed by atoms with Crippen molar-refractivity contribution >= 4 is 6.08 Å². The first kappa shape index (κ1) is 10.2. The van der Waals surface area contributed by atoms with Crippen LogP contribution in [-0.4, -0.2) is 12.1 Å². The summed E-state index contributed by atoms with van der Waals surface area (Å²) in [6, 6.07) is 2.01. The van der Waals surface area contributed by atoms with Crippen molar-refractivity contribution in [1.82, 2.24) is 4.98 Å². The minimum atomic E-state index is 0.242. The van der Waals surface area contributed by atoms with Crippen LogP contribution in [0.4, 0.5) is 0 Å². The molecule has 2 rings (SSSR count). The number of allylic oxidation sites excluding steroid dienone is 1. The van der Waals surface area contributed by atoms with Crippen LogP contribution in [0.3, 0.4) is 0 Å². The summed E-state index contributed by atoms with van der Waals surface area (Å²) < 4.78 is 5.12. The minimum absolute atomic E-state index is 0.242. The van der Waals surface area contributed by atoms with E-state index in [9.17, 15) is 0 Å². The highest BCUT2D eigenvalue weighted by Gasteiger charge is 2.23. The summed E-state index contributed by atoms with van der Waals surface area (Å²) in [4.78, 5) is 4.23. The number of methoxy groups -OCH3 is 1. The second-order valence-electron chi connectivity index (χ2n) is 5.02. The SMILES string of the molecule is COc1cc2c(cn1)CC(C(C)(C)C)=C2. The van der Waals surface area contributed by atoms with Gasteiger partial charge in [0.2, 0.25) is 5.88 Å². The molecule has 0 atom stereocenters. The lowest BCUT2D eigenvalue weighted by molar-refractivity contribution is 0.397. The van der Waals surface area contributed by atoms with Gasteiger partial charge < -0.3 is 4.74 Å². The Morgan fingerprint density at radius 2 is 2.07 bits per heavy atom. The predicted molar refractivity (Wildman–Crippen MR) is 61.9 cm³/mol. The van der Waals surface area contributed by atoms with Crippen LogP contribution in [-0.2, 0) is 6.42 Å². The maximum absolute atomic E-state index is 5.12. The molecule has 0 saturated heterocycles. The molecule has 2 nitrogen and oxygen atoms in total. The third-order valence-electron chi connectivity index (χ3n) is 2.88. The number of ether oxygens (including phenoxy) is 1. The highest BCUT2D eigenvalue weighted by molar-refractivity contribution is 5.65. The van der Waals surface area contributed by atoms with E-state index in [1.54, 1.807) is 7.11 Å². The van der Waals surface area contributed by atoms with Gasteiger partial charge in [-0.2, -0.15) is 0 Å². The zero-order valence-electron chi connectivity index (χ0n) is 9.79. The summed E-state index contributed by atoms with van der Waals surface area (Å²) in [6.45, 7) is 6.74. The number of pyridine rings is 1. The van der Waals surface area contributed by atoms with Gasteiger partial charge in [0, 0.05) is 12.3 Å². The van der Waals surface area contributed by atoms with E-state index in [0.29, 0.717) is 5.88 Å². The number of aromatic nitrogens is 1. The van der Waals surface area contributed by atoms with Gasteiger partial charge in [0.25, 0.3) is 0 Å². The average molecular weight is 203 g/mol. The second-order valence-corrected chi connectivity index (χ2v) is 5.02. The molecule has 0 unspecified atom stereocenters. The summed E-state index contributed by atoms with van der Waals surface area (Å²) in [5, 5.41) is 0. The molecular weight excluding hydrogens is 186 g/mol. The van der Waals surface area contributed by atoms with E-state index < -0.39 is 0 Å². The van der Waals surface area contributed by atoms with Gasteiger partial charge in [0.05, 0.1) is 7.11 Å². The molecule has 15 heavy (non-hydrogen) atoms. The van der Waals surface area contributed by atoms with Crippen molar-refractivity contribution in [2.75, 3.05) is 7.11 Å². The summed E-state index contributed by atoms with van der Waals surface area (Å²) in [5.74, 6) is 0.695. The maximum atomic E-state index is 5.12. The van der Waals surface area contributed by atoms with Crippen LogP contribution < -0.4 is 4.74 Å². The minimum Gasteiger partial charge on any atom is -0.481 e. The fourth-order valence-electron chi connectivity index (χ4n) is 1.80. The molecular formula is C13H17NO. The molecule has 1 aliphatic rings. The van der Waals surface area contributed by atoms with Gasteiger partial charge >= 0.3 is 0 Å². The number of hydrogen-bond donors (Lipinski definition) is 0. The van der Waals surface area contributed by atoms with E-state index >= 15 is 0 Å². The Labute approximate surface area is 91.0 Å². The van der Waals surface area contributed by atoms with E-state index in [1.807, 2.05) is 12.3 Å². The first-order valence-corrected chi connectivity index (χ1v) is 5.24. The summed E-state index contributed by atoms with van der Waals surface area (Å²) in [7, 11) is 1.65. The lowest BCUT2D eigenvalue weighted by atomic mass is 9.85. The van der Waals surface area contributed by atoms with Crippen molar-refractivity contribution in [1.29, 1.82) is 0 Å². The number of rotatable bonds is 1. The molecule has 0 aromatic carbocycles. The zero-order valence-corrected chi connectivity index (χ0v) is 9.79. The van der Waals surface area contributed by atoms with Gasteiger partial charge in [-0.1, -0.05) is 32.4 Å². The molecule has 0 amide bonds. The summed E-state index contributed by atoms with van der Waals surface area (Å²) >= 11 is 0. The lowest BCUT2D eigenvalue weighted by Gasteiger charge is -2.19. The third kappa shape index (κ3) is 1.89. The van der Waals surface area contributed by atoms with Gasteiger partial charge in [-0.05, 0) is 23.0 Å². The van der Waals surface area contributed by atoms with Crippen molar-refractivity contribution in [2.45, 2.75) is 27.2 Å². The van der Waals surface area contributed by atoms with Crippen LogP contribution >= 0.6 is 0 Å². The molecule has 1 heterocycles. The third-order valence-corrected chi connectivity index (χ3v) is 2.88. The Morgan fingerprint density at radius 1 is 1.33 bits per heavy atom. The molecule has 0 N–H and O–H groups in total. The van der Waals surface area contributed by atoms with E-state index in [1.165, 1.54) is 16.7 Å². The molecule has 0 spiro atoms. The van der Waals surface area contributed by atoms with Crippen LogP contribution in [0, 0.1) is 5.41 Å². The molecule has 0 radical (unpaired) electrons. The highest BCUT2D eigenvalue weighted by atomic mass is 16.5. The number of hydrogen-bond acceptors (Lipinski definition) is 2. The van der Waals surface area contributed by atoms with Gasteiger partial charge in [-0.15, -0.1) is 0 Å². The second kappa shape index (κ2) is 3.37. The van der Waals surface area contributed by atoms with Gasteiger partial charge in [0.15, 0.2) is 0 Å². The zero-order chi connectivity index (χ0) is 11.1.